The number of nitrogens with one attached hydrogen (secondary N) is 2. The number of aromatic hydroxyl groups is 1. The number of amides is 2. The minimum Gasteiger partial charge on any atom is -0.507 e. The van der Waals surface area contributed by atoms with Crippen molar-refractivity contribution in [2.24, 2.45) is 0 Å². The van der Waals surface area contributed by atoms with Gasteiger partial charge >= 0.3 is 5.97 Å². The zero-order chi connectivity index (χ0) is 17.5. The molecule has 1 atom stereocenters. The van der Waals surface area contributed by atoms with Gasteiger partial charge in [-0.1, -0.05) is 30.3 Å². The molecular weight excluding hydrogens is 312 g/mol. The average molecular weight is 328 g/mol. The van der Waals surface area contributed by atoms with E-state index in [1.54, 1.807) is 42.5 Å². The van der Waals surface area contributed by atoms with E-state index in [2.05, 4.69) is 10.9 Å². The number of phenols is 1. The number of hydrazine groups is 1. The predicted octanol–water partition coefficient (Wildman–Crippen LogP) is 1.40. The van der Waals surface area contributed by atoms with E-state index in [0.29, 0.717) is 5.56 Å². The maximum atomic E-state index is 11.9. The number of rotatable bonds is 4. The highest BCUT2D eigenvalue weighted by molar-refractivity contribution is 5.97. The summed E-state index contributed by atoms with van der Waals surface area (Å²) in [5, 5.41) is 9.58. The molecule has 2 aromatic carbocycles. The molecule has 0 heterocycles. The van der Waals surface area contributed by atoms with Crippen LogP contribution >= 0.6 is 0 Å². The number of para-hydroxylation sites is 1. The van der Waals surface area contributed by atoms with E-state index in [1.807, 2.05) is 0 Å². The first kappa shape index (κ1) is 17.0. The number of benzene rings is 2. The molecule has 0 aliphatic carbocycles. The van der Waals surface area contributed by atoms with Crippen molar-refractivity contribution in [3.63, 3.8) is 0 Å². The van der Waals surface area contributed by atoms with Gasteiger partial charge in [0.05, 0.1) is 0 Å². The standard InChI is InChI=1S/C17H16N2O5/c1-11(24-17(23)13-9-5-6-10-14(13)20)15(21)18-19-16(22)12-7-3-2-4-8-12/h2-11,20H,1H3,(H,18,21)(H,19,22)/t11-/m0/s1. The smallest absolute Gasteiger partial charge is 0.342 e. The maximum Gasteiger partial charge on any atom is 0.342 e. The van der Waals surface area contributed by atoms with Gasteiger partial charge in [-0.05, 0) is 31.2 Å². The van der Waals surface area contributed by atoms with Crippen LogP contribution in [0.1, 0.15) is 27.6 Å². The fourth-order valence-electron chi connectivity index (χ4n) is 1.81. The van der Waals surface area contributed by atoms with Gasteiger partial charge in [0.15, 0.2) is 6.10 Å². The van der Waals surface area contributed by atoms with Gasteiger partial charge in [0.2, 0.25) is 0 Å². The minimum atomic E-state index is -1.16. The third-order valence-corrected chi connectivity index (χ3v) is 3.11. The van der Waals surface area contributed by atoms with Crippen molar-refractivity contribution in [3.8, 4) is 5.75 Å². The lowest BCUT2D eigenvalue weighted by Crippen LogP contribution is -2.46. The summed E-state index contributed by atoms with van der Waals surface area (Å²) in [6, 6.07) is 14.1. The third-order valence-electron chi connectivity index (χ3n) is 3.11. The van der Waals surface area contributed by atoms with E-state index < -0.39 is 23.9 Å². The van der Waals surface area contributed by atoms with Gasteiger partial charge in [-0.25, -0.2) is 4.79 Å². The van der Waals surface area contributed by atoms with Crippen molar-refractivity contribution >= 4 is 17.8 Å². The van der Waals surface area contributed by atoms with Crippen LogP contribution in [0.4, 0.5) is 0 Å². The molecule has 7 heteroatoms. The molecule has 0 fully saturated rings. The molecule has 0 radical (unpaired) electrons. The SMILES string of the molecule is C[C@H](OC(=O)c1ccccc1O)C(=O)NNC(=O)c1ccccc1. The quantitative estimate of drug-likeness (QED) is 0.581. The molecule has 0 saturated carbocycles. The molecule has 2 rings (SSSR count). The first-order valence-corrected chi connectivity index (χ1v) is 7.13. The summed E-state index contributed by atoms with van der Waals surface area (Å²) >= 11 is 0. The summed E-state index contributed by atoms with van der Waals surface area (Å²) in [4.78, 5) is 35.5. The molecule has 24 heavy (non-hydrogen) atoms. The zero-order valence-corrected chi connectivity index (χ0v) is 12.9. The van der Waals surface area contributed by atoms with Crippen LogP contribution in [0.15, 0.2) is 54.6 Å². The molecule has 2 amide bonds. The Kier molecular flexibility index (Phi) is 5.51. The Balaban J connectivity index is 1.87. The van der Waals surface area contributed by atoms with Crippen molar-refractivity contribution in [2.75, 3.05) is 0 Å². The highest BCUT2D eigenvalue weighted by atomic mass is 16.5. The second-order valence-corrected chi connectivity index (χ2v) is 4.87. The summed E-state index contributed by atoms with van der Waals surface area (Å²) in [6.07, 6.45) is -1.16. The molecule has 3 N–H and O–H groups in total. The molecule has 0 aliphatic rings. The second-order valence-electron chi connectivity index (χ2n) is 4.87. The summed E-state index contributed by atoms with van der Waals surface area (Å²) in [7, 11) is 0. The van der Waals surface area contributed by atoms with Crippen molar-refractivity contribution in [1.29, 1.82) is 0 Å². The van der Waals surface area contributed by atoms with E-state index >= 15 is 0 Å². The predicted molar refractivity (Wildman–Crippen MR) is 85.0 cm³/mol. The van der Waals surface area contributed by atoms with Crippen molar-refractivity contribution < 1.29 is 24.2 Å². The fraction of sp³-hybridized carbons (Fsp3) is 0.118. The van der Waals surface area contributed by atoms with Crippen LogP contribution in [0, 0.1) is 0 Å². The van der Waals surface area contributed by atoms with Crippen molar-refractivity contribution in [3.05, 3.63) is 65.7 Å². The largest absolute Gasteiger partial charge is 0.507 e. The molecule has 0 bridgehead atoms. The zero-order valence-electron chi connectivity index (χ0n) is 12.9. The number of carbonyl (C=O) groups is 3. The Hall–Kier alpha value is -3.35. The molecule has 0 aromatic heterocycles. The average Bonchev–Trinajstić information content (AvgIpc) is 2.60. The topological polar surface area (TPSA) is 105 Å². The monoisotopic (exact) mass is 328 g/mol. The van der Waals surface area contributed by atoms with E-state index in [1.165, 1.54) is 19.1 Å². The van der Waals surface area contributed by atoms with Gasteiger partial charge in [-0.3, -0.25) is 20.4 Å². The Bertz CT molecular complexity index is 746. The molecule has 0 aliphatic heterocycles. The van der Waals surface area contributed by atoms with Crippen LogP contribution in [0.5, 0.6) is 5.75 Å². The van der Waals surface area contributed by atoms with Crippen LogP contribution in [0.3, 0.4) is 0 Å². The maximum absolute atomic E-state index is 11.9. The van der Waals surface area contributed by atoms with E-state index in [0.717, 1.165) is 0 Å². The van der Waals surface area contributed by atoms with E-state index in [9.17, 15) is 19.5 Å². The summed E-state index contributed by atoms with van der Waals surface area (Å²) in [5.41, 5.74) is 4.72. The molecular formula is C17H16N2O5. The van der Waals surface area contributed by atoms with Crippen molar-refractivity contribution in [1.82, 2.24) is 10.9 Å². The highest BCUT2D eigenvalue weighted by Crippen LogP contribution is 2.17. The van der Waals surface area contributed by atoms with Gasteiger partial charge in [-0.15, -0.1) is 0 Å². The van der Waals surface area contributed by atoms with Gasteiger partial charge in [-0.2, -0.15) is 0 Å². The number of phenolic OH excluding ortho intramolecular Hbond substituents is 1. The van der Waals surface area contributed by atoms with Crippen LogP contribution in [-0.4, -0.2) is 29.0 Å². The molecule has 0 saturated heterocycles. The number of esters is 1. The first-order valence-electron chi connectivity index (χ1n) is 7.13. The van der Waals surface area contributed by atoms with Crippen molar-refractivity contribution in [2.45, 2.75) is 13.0 Å². The van der Waals surface area contributed by atoms with E-state index in [4.69, 9.17) is 4.74 Å². The number of hydrogen-bond acceptors (Lipinski definition) is 5. The Morgan fingerprint density at radius 2 is 1.58 bits per heavy atom. The summed E-state index contributed by atoms with van der Waals surface area (Å²) < 4.78 is 4.95. The molecule has 0 spiro atoms. The second kappa shape index (κ2) is 7.77. The lowest BCUT2D eigenvalue weighted by molar-refractivity contribution is -0.129. The number of ether oxygens (including phenoxy) is 1. The lowest BCUT2D eigenvalue weighted by atomic mass is 10.2. The molecule has 2 aromatic rings. The van der Waals surface area contributed by atoms with Crippen LogP contribution < -0.4 is 10.9 Å². The third kappa shape index (κ3) is 4.33. The van der Waals surface area contributed by atoms with E-state index in [-0.39, 0.29) is 11.3 Å². The Labute approximate surface area is 138 Å². The number of hydrogen-bond donors (Lipinski definition) is 3. The molecule has 7 nitrogen and oxygen atoms in total. The number of carbonyl (C=O) groups excluding carboxylic acids is 3. The van der Waals surface area contributed by atoms with Gasteiger partial charge < -0.3 is 9.84 Å². The Morgan fingerprint density at radius 3 is 2.25 bits per heavy atom. The molecule has 124 valence electrons. The fourth-order valence-corrected chi connectivity index (χ4v) is 1.81. The van der Waals surface area contributed by atoms with Crippen LogP contribution in [-0.2, 0) is 9.53 Å². The summed E-state index contributed by atoms with van der Waals surface area (Å²) in [5.74, 6) is -2.29. The van der Waals surface area contributed by atoms with Gasteiger partial charge in [0.25, 0.3) is 11.8 Å². The van der Waals surface area contributed by atoms with Crippen LogP contribution in [0.2, 0.25) is 0 Å². The molecule has 0 unspecified atom stereocenters. The van der Waals surface area contributed by atoms with Crippen LogP contribution in [0.25, 0.3) is 0 Å². The first-order chi connectivity index (χ1) is 11.5. The minimum absolute atomic E-state index is 0.0505. The summed E-state index contributed by atoms with van der Waals surface area (Å²) in [6.45, 7) is 1.35. The highest BCUT2D eigenvalue weighted by Gasteiger charge is 2.21. The van der Waals surface area contributed by atoms with Gasteiger partial charge in [0, 0.05) is 5.56 Å². The Morgan fingerprint density at radius 1 is 0.958 bits per heavy atom. The normalized spacial score (nSPS) is 11.2. The van der Waals surface area contributed by atoms with Gasteiger partial charge in [0.1, 0.15) is 11.3 Å². The lowest BCUT2D eigenvalue weighted by Gasteiger charge is -2.14.